The first kappa shape index (κ1) is 15.4. The van der Waals surface area contributed by atoms with Gasteiger partial charge in [-0.25, -0.2) is 4.98 Å². The summed E-state index contributed by atoms with van der Waals surface area (Å²) in [6, 6.07) is 0. The van der Waals surface area contributed by atoms with Crippen LogP contribution in [0, 0.1) is 5.41 Å². The van der Waals surface area contributed by atoms with Gasteiger partial charge in [0.15, 0.2) is 0 Å². The molecule has 0 amide bonds. The lowest BCUT2D eigenvalue weighted by Crippen LogP contribution is -2.15. The average molecular weight is 259 g/mol. The maximum absolute atomic E-state index is 4.58. The Morgan fingerprint density at radius 1 is 1.37 bits per heavy atom. The smallest absolute Gasteiger partial charge is 0.107 e. The van der Waals surface area contributed by atoms with Gasteiger partial charge in [0.1, 0.15) is 5.82 Å². The van der Waals surface area contributed by atoms with E-state index in [1.807, 2.05) is 0 Å². The van der Waals surface area contributed by atoms with Gasteiger partial charge in [-0.3, -0.25) is 4.99 Å². The third kappa shape index (κ3) is 4.86. The van der Waals surface area contributed by atoms with Gasteiger partial charge in [-0.05, 0) is 17.9 Å². The van der Waals surface area contributed by atoms with Crippen molar-refractivity contribution < 1.29 is 0 Å². The van der Waals surface area contributed by atoms with E-state index >= 15 is 0 Å². The number of nitrogens with one attached hydrogen (secondary N) is 1. The van der Waals surface area contributed by atoms with Gasteiger partial charge in [-0.2, -0.15) is 0 Å². The molecule has 0 aliphatic rings. The minimum Gasteiger partial charge on any atom is -0.341 e. The quantitative estimate of drug-likeness (QED) is 0.692. The van der Waals surface area contributed by atoms with E-state index in [1.54, 1.807) is 12.3 Å². The first-order valence-corrected chi connectivity index (χ1v) is 6.88. The fourth-order valence-corrected chi connectivity index (χ4v) is 2.12. The van der Waals surface area contributed by atoms with Crippen molar-refractivity contribution in [1.29, 1.82) is 0 Å². The first-order valence-electron chi connectivity index (χ1n) is 6.88. The van der Waals surface area contributed by atoms with E-state index in [1.165, 1.54) is 25.5 Å². The van der Waals surface area contributed by atoms with E-state index in [0.717, 1.165) is 23.6 Å². The van der Waals surface area contributed by atoms with Crippen molar-refractivity contribution in [3.05, 3.63) is 36.6 Å². The van der Waals surface area contributed by atoms with Crippen molar-refractivity contribution >= 4 is 12.3 Å². The molecule has 19 heavy (non-hydrogen) atoms. The molecule has 0 saturated carbocycles. The maximum atomic E-state index is 4.58. The molecule has 0 aliphatic heterocycles. The van der Waals surface area contributed by atoms with Gasteiger partial charge in [0, 0.05) is 12.6 Å². The van der Waals surface area contributed by atoms with Crippen LogP contribution in [0.3, 0.4) is 0 Å². The van der Waals surface area contributed by atoms with Gasteiger partial charge in [-0.1, -0.05) is 46.8 Å². The van der Waals surface area contributed by atoms with Gasteiger partial charge in [-0.15, -0.1) is 0 Å². The van der Waals surface area contributed by atoms with Gasteiger partial charge in [0.05, 0.1) is 17.6 Å². The molecular formula is C16H25N3. The second-order valence-corrected chi connectivity index (χ2v) is 5.59. The fraction of sp³-hybridized carbons (Fsp3) is 0.500. The Balaban J connectivity index is 2.84. The number of unbranched alkanes of at least 4 members (excludes halogenated alkanes) is 1. The Labute approximate surface area is 116 Å². The molecule has 0 aromatic carbocycles. The molecule has 0 atom stereocenters. The van der Waals surface area contributed by atoms with Crippen LogP contribution in [0.2, 0.25) is 0 Å². The van der Waals surface area contributed by atoms with Gasteiger partial charge >= 0.3 is 0 Å². The molecule has 0 unspecified atom stereocenters. The second kappa shape index (κ2) is 7.07. The van der Waals surface area contributed by atoms with Crippen LogP contribution in [0.4, 0.5) is 0 Å². The number of nitrogens with zero attached hydrogens (tertiary/aromatic N) is 2. The number of aromatic nitrogens is 2. The summed E-state index contributed by atoms with van der Waals surface area (Å²) in [6.07, 6.45) is 9.64. The number of hydrogen-bond acceptors (Lipinski definition) is 2. The molecule has 0 radical (unpaired) electrons. The summed E-state index contributed by atoms with van der Waals surface area (Å²) in [5.74, 6) is 1.00. The van der Waals surface area contributed by atoms with Crippen molar-refractivity contribution in [1.82, 2.24) is 9.97 Å². The number of hydrogen-bond donors (Lipinski definition) is 1. The molecule has 0 fully saturated rings. The maximum Gasteiger partial charge on any atom is 0.107 e. The third-order valence-corrected chi connectivity index (χ3v) is 3.17. The molecule has 0 aliphatic carbocycles. The molecule has 1 rings (SSSR count). The standard InChI is InChI=1S/C16H25N3/c1-6-9-10-16(4,5)11-15-18-13(7-2)14(19-15)12-17-8-3/h7-8,12H,2-3,6,9-11H2,1,4-5H3,(H,18,19). The molecule has 1 aromatic rings. The van der Waals surface area contributed by atoms with Crippen LogP contribution in [-0.4, -0.2) is 16.2 Å². The highest BCUT2D eigenvalue weighted by Crippen LogP contribution is 2.27. The van der Waals surface area contributed by atoms with E-state index in [2.05, 4.69) is 48.9 Å². The molecular weight excluding hydrogens is 234 g/mol. The van der Waals surface area contributed by atoms with Crippen LogP contribution in [0.25, 0.3) is 6.08 Å². The minimum absolute atomic E-state index is 0.263. The third-order valence-electron chi connectivity index (χ3n) is 3.17. The summed E-state index contributed by atoms with van der Waals surface area (Å²) in [5, 5.41) is 0. The zero-order chi connectivity index (χ0) is 14.3. The Hall–Kier alpha value is -1.64. The highest BCUT2D eigenvalue weighted by atomic mass is 14.9. The van der Waals surface area contributed by atoms with Crippen molar-refractivity contribution in [2.45, 2.75) is 46.5 Å². The van der Waals surface area contributed by atoms with E-state index in [-0.39, 0.29) is 5.41 Å². The normalized spacial score (nSPS) is 11.9. The van der Waals surface area contributed by atoms with Crippen molar-refractivity contribution in [3.63, 3.8) is 0 Å². The zero-order valence-electron chi connectivity index (χ0n) is 12.4. The summed E-state index contributed by atoms with van der Waals surface area (Å²) in [7, 11) is 0. The summed E-state index contributed by atoms with van der Waals surface area (Å²) < 4.78 is 0. The molecule has 3 heteroatoms. The van der Waals surface area contributed by atoms with Gasteiger partial charge in [0.2, 0.25) is 0 Å². The lowest BCUT2D eigenvalue weighted by molar-refractivity contribution is 0.315. The fourth-order valence-electron chi connectivity index (χ4n) is 2.12. The molecule has 1 heterocycles. The molecule has 104 valence electrons. The Kier molecular flexibility index (Phi) is 5.74. The molecule has 0 spiro atoms. The number of imidazole rings is 1. The van der Waals surface area contributed by atoms with Gasteiger partial charge in [0.25, 0.3) is 0 Å². The van der Waals surface area contributed by atoms with Crippen LogP contribution >= 0.6 is 0 Å². The van der Waals surface area contributed by atoms with Crippen molar-refractivity contribution in [3.8, 4) is 0 Å². The van der Waals surface area contributed by atoms with Gasteiger partial charge < -0.3 is 4.98 Å². The summed E-state index contributed by atoms with van der Waals surface area (Å²) in [5.41, 5.74) is 2.02. The molecule has 0 bridgehead atoms. The topological polar surface area (TPSA) is 41.0 Å². The molecule has 1 aromatic heterocycles. The SMILES string of the molecule is C=CN=Cc1[nH]c(CC(C)(C)CCCC)nc1C=C. The van der Waals surface area contributed by atoms with Crippen LogP contribution < -0.4 is 0 Å². The Morgan fingerprint density at radius 2 is 2.11 bits per heavy atom. The second-order valence-electron chi connectivity index (χ2n) is 5.59. The lowest BCUT2D eigenvalue weighted by atomic mass is 9.84. The monoisotopic (exact) mass is 259 g/mol. The van der Waals surface area contributed by atoms with E-state index in [4.69, 9.17) is 0 Å². The number of aromatic amines is 1. The lowest BCUT2D eigenvalue weighted by Gasteiger charge is -2.23. The first-order chi connectivity index (χ1) is 9.02. The molecule has 3 nitrogen and oxygen atoms in total. The molecule has 0 saturated heterocycles. The number of aliphatic imine (C=N–C) groups is 1. The number of rotatable bonds is 8. The van der Waals surface area contributed by atoms with Crippen LogP contribution in [-0.2, 0) is 6.42 Å². The highest BCUT2D eigenvalue weighted by molar-refractivity contribution is 5.82. The van der Waals surface area contributed by atoms with Crippen molar-refractivity contribution in [2.24, 2.45) is 10.4 Å². The largest absolute Gasteiger partial charge is 0.341 e. The average Bonchev–Trinajstić information content (AvgIpc) is 2.75. The predicted octanol–water partition coefficient (Wildman–Crippen LogP) is 4.37. The summed E-state index contributed by atoms with van der Waals surface area (Å²) in [4.78, 5) is 11.9. The zero-order valence-corrected chi connectivity index (χ0v) is 12.4. The molecule has 1 N–H and O–H groups in total. The van der Waals surface area contributed by atoms with Crippen LogP contribution in [0.15, 0.2) is 24.4 Å². The van der Waals surface area contributed by atoms with Crippen molar-refractivity contribution in [2.75, 3.05) is 0 Å². The summed E-state index contributed by atoms with van der Waals surface area (Å²) in [6.45, 7) is 14.2. The Morgan fingerprint density at radius 3 is 2.68 bits per heavy atom. The van der Waals surface area contributed by atoms with E-state index in [0.29, 0.717) is 0 Å². The van der Waals surface area contributed by atoms with Crippen LogP contribution in [0.1, 0.15) is 57.2 Å². The van der Waals surface area contributed by atoms with E-state index in [9.17, 15) is 0 Å². The number of H-pyrrole nitrogens is 1. The highest BCUT2D eigenvalue weighted by Gasteiger charge is 2.20. The van der Waals surface area contributed by atoms with Crippen LogP contribution in [0.5, 0.6) is 0 Å². The Bertz CT molecular complexity index is 453. The minimum atomic E-state index is 0.263. The van der Waals surface area contributed by atoms with E-state index < -0.39 is 0 Å². The predicted molar refractivity (Wildman–Crippen MR) is 83.5 cm³/mol. The summed E-state index contributed by atoms with van der Waals surface area (Å²) >= 11 is 0.